The predicted octanol–water partition coefficient (Wildman–Crippen LogP) is 9.34. The second-order valence-corrected chi connectivity index (χ2v) is 10.2. The van der Waals surface area contributed by atoms with Crippen LogP contribution in [0.4, 0.5) is 11.4 Å². The van der Waals surface area contributed by atoms with E-state index in [1.807, 2.05) is 66.7 Å². The van der Waals surface area contributed by atoms with Crippen molar-refractivity contribution < 1.29 is 9.47 Å². The largest absolute Gasteiger partial charge is 0.457 e. The lowest BCUT2D eigenvalue weighted by Gasteiger charge is -2.17. The van der Waals surface area contributed by atoms with Gasteiger partial charge >= 0.3 is 0 Å². The minimum Gasteiger partial charge on any atom is -0.457 e. The second kappa shape index (κ2) is 10.2. The Balaban J connectivity index is 1.29. The van der Waals surface area contributed by atoms with Crippen molar-refractivity contribution in [3.05, 3.63) is 145 Å². The fraction of sp³-hybridized carbons (Fsp3) is 0.0270. The number of nitrogens with two attached hydrogens (primary N) is 2. The number of anilines is 2. The Hall–Kier alpha value is -5.48. The molecule has 1 aliphatic carbocycles. The van der Waals surface area contributed by atoms with Crippen LogP contribution in [0.25, 0.3) is 33.4 Å². The first-order valence-corrected chi connectivity index (χ1v) is 13.6. The van der Waals surface area contributed by atoms with Crippen LogP contribution in [0.5, 0.6) is 23.0 Å². The first-order chi connectivity index (χ1) is 20.1. The molecule has 41 heavy (non-hydrogen) atoms. The van der Waals surface area contributed by atoms with Gasteiger partial charge in [0, 0.05) is 11.4 Å². The van der Waals surface area contributed by atoms with Crippen molar-refractivity contribution in [2.24, 2.45) is 0 Å². The van der Waals surface area contributed by atoms with Gasteiger partial charge in [-0.3, -0.25) is 0 Å². The summed E-state index contributed by atoms with van der Waals surface area (Å²) in [7, 11) is 0. The standard InChI is InChI=1S/C37H28N2O2/c38-27-10-16-30(17-11-27)40-29-14-8-24(9-15-29)34-20-21-35-33-7-2-1-4-25(33)23-36(35)37(34)26-5-3-6-32(22-26)41-31-18-12-28(39)13-19-31/h1-22H,23,38-39H2. The van der Waals surface area contributed by atoms with E-state index in [-0.39, 0.29) is 0 Å². The van der Waals surface area contributed by atoms with Crippen LogP contribution in [-0.2, 0) is 6.42 Å². The van der Waals surface area contributed by atoms with Crippen molar-refractivity contribution in [2.45, 2.75) is 6.42 Å². The average Bonchev–Trinajstić information content (AvgIpc) is 3.38. The lowest BCUT2D eigenvalue weighted by molar-refractivity contribution is 0.482. The number of hydrogen-bond acceptors (Lipinski definition) is 4. The molecule has 0 radical (unpaired) electrons. The Morgan fingerprint density at radius 1 is 0.439 bits per heavy atom. The summed E-state index contributed by atoms with van der Waals surface area (Å²) in [5.41, 5.74) is 23.0. The third kappa shape index (κ3) is 4.88. The van der Waals surface area contributed by atoms with E-state index < -0.39 is 0 Å². The molecule has 0 atom stereocenters. The maximum Gasteiger partial charge on any atom is 0.128 e. The topological polar surface area (TPSA) is 70.5 Å². The van der Waals surface area contributed by atoms with Crippen LogP contribution in [0, 0.1) is 0 Å². The molecule has 6 aromatic rings. The van der Waals surface area contributed by atoms with Gasteiger partial charge in [-0.15, -0.1) is 0 Å². The van der Waals surface area contributed by atoms with Gasteiger partial charge in [0.15, 0.2) is 0 Å². The summed E-state index contributed by atoms with van der Waals surface area (Å²) in [6.45, 7) is 0. The van der Waals surface area contributed by atoms with E-state index in [2.05, 4.69) is 66.7 Å². The first kappa shape index (κ1) is 24.6. The fourth-order valence-corrected chi connectivity index (χ4v) is 5.54. The highest BCUT2D eigenvalue weighted by molar-refractivity contribution is 5.94. The number of benzene rings is 6. The van der Waals surface area contributed by atoms with Gasteiger partial charge in [0.25, 0.3) is 0 Å². The normalized spacial score (nSPS) is 11.5. The zero-order valence-corrected chi connectivity index (χ0v) is 22.4. The van der Waals surface area contributed by atoms with Gasteiger partial charge in [-0.25, -0.2) is 0 Å². The molecule has 198 valence electrons. The van der Waals surface area contributed by atoms with Crippen LogP contribution in [0.15, 0.2) is 133 Å². The molecule has 0 heterocycles. The van der Waals surface area contributed by atoms with Gasteiger partial charge in [-0.05, 0) is 124 Å². The van der Waals surface area contributed by atoms with Crippen molar-refractivity contribution >= 4 is 11.4 Å². The maximum atomic E-state index is 6.22. The number of rotatable bonds is 6. The number of nitrogen functional groups attached to an aromatic ring is 2. The molecule has 0 aliphatic heterocycles. The average molecular weight is 533 g/mol. The van der Waals surface area contributed by atoms with Crippen molar-refractivity contribution in [2.75, 3.05) is 11.5 Å². The predicted molar refractivity (Wildman–Crippen MR) is 167 cm³/mol. The Labute approximate surface area is 239 Å². The molecule has 0 saturated carbocycles. The van der Waals surface area contributed by atoms with Crippen LogP contribution in [-0.4, -0.2) is 0 Å². The summed E-state index contributed by atoms with van der Waals surface area (Å²) in [4.78, 5) is 0. The van der Waals surface area contributed by atoms with E-state index in [0.717, 1.165) is 40.5 Å². The number of hydrogen-bond donors (Lipinski definition) is 2. The van der Waals surface area contributed by atoms with Gasteiger partial charge < -0.3 is 20.9 Å². The Morgan fingerprint density at radius 3 is 1.71 bits per heavy atom. The van der Waals surface area contributed by atoms with E-state index in [4.69, 9.17) is 20.9 Å². The second-order valence-electron chi connectivity index (χ2n) is 10.2. The highest BCUT2D eigenvalue weighted by atomic mass is 16.5. The van der Waals surface area contributed by atoms with Crippen LogP contribution >= 0.6 is 0 Å². The monoisotopic (exact) mass is 532 g/mol. The molecule has 0 aromatic heterocycles. The molecule has 6 aromatic carbocycles. The number of fused-ring (bicyclic) bond motifs is 3. The molecule has 1 aliphatic rings. The summed E-state index contributed by atoms with van der Waals surface area (Å²) in [5.74, 6) is 3.05. The molecule has 0 saturated heterocycles. The molecule has 0 spiro atoms. The number of ether oxygens (including phenoxy) is 2. The quantitative estimate of drug-likeness (QED) is 0.209. The molecular weight excluding hydrogens is 504 g/mol. The van der Waals surface area contributed by atoms with Gasteiger partial charge in [0.2, 0.25) is 0 Å². The fourth-order valence-electron chi connectivity index (χ4n) is 5.54. The molecule has 4 N–H and O–H groups in total. The third-order valence-electron chi connectivity index (χ3n) is 7.51. The molecule has 0 fully saturated rings. The van der Waals surface area contributed by atoms with Crippen molar-refractivity contribution in [1.82, 2.24) is 0 Å². The minimum absolute atomic E-state index is 0.708. The highest BCUT2D eigenvalue weighted by Gasteiger charge is 2.24. The summed E-state index contributed by atoms with van der Waals surface area (Å²) in [6, 6.07) is 44.6. The summed E-state index contributed by atoms with van der Waals surface area (Å²) in [5, 5.41) is 0. The van der Waals surface area contributed by atoms with Crippen LogP contribution in [0.1, 0.15) is 11.1 Å². The molecule has 4 heteroatoms. The Bertz CT molecular complexity index is 1860. The zero-order chi connectivity index (χ0) is 27.8. The molecule has 0 unspecified atom stereocenters. The van der Waals surface area contributed by atoms with E-state index in [1.165, 1.54) is 33.4 Å². The van der Waals surface area contributed by atoms with Gasteiger partial charge in [-0.1, -0.05) is 60.7 Å². The van der Waals surface area contributed by atoms with E-state index in [0.29, 0.717) is 11.4 Å². The molecule has 0 amide bonds. The lowest BCUT2D eigenvalue weighted by Crippen LogP contribution is -1.94. The maximum absolute atomic E-state index is 6.22. The van der Waals surface area contributed by atoms with Crippen LogP contribution in [0.2, 0.25) is 0 Å². The third-order valence-corrected chi connectivity index (χ3v) is 7.51. The van der Waals surface area contributed by atoms with Gasteiger partial charge in [0.05, 0.1) is 0 Å². The molecular formula is C37H28N2O2. The van der Waals surface area contributed by atoms with Gasteiger partial charge in [-0.2, -0.15) is 0 Å². The Morgan fingerprint density at radius 2 is 1.02 bits per heavy atom. The lowest BCUT2D eigenvalue weighted by atomic mass is 9.88. The van der Waals surface area contributed by atoms with Crippen molar-refractivity contribution in [3.8, 4) is 56.4 Å². The minimum atomic E-state index is 0.708. The molecule has 4 nitrogen and oxygen atoms in total. The Kier molecular flexibility index (Phi) is 6.14. The molecule has 7 rings (SSSR count). The van der Waals surface area contributed by atoms with Crippen molar-refractivity contribution in [1.29, 1.82) is 0 Å². The highest BCUT2D eigenvalue weighted by Crippen LogP contribution is 2.46. The van der Waals surface area contributed by atoms with Gasteiger partial charge in [0.1, 0.15) is 23.0 Å². The summed E-state index contributed by atoms with van der Waals surface area (Å²) < 4.78 is 12.3. The summed E-state index contributed by atoms with van der Waals surface area (Å²) >= 11 is 0. The first-order valence-electron chi connectivity index (χ1n) is 13.6. The smallest absolute Gasteiger partial charge is 0.128 e. The van der Waals surface area contributed by atoms with Crippen LogP contribution in [0.3, 0.4) is 0 Å². The SMILES string of the molecule is Nc1ccc(Oc2ccc(-c3ccc4c(c3-c3cccc(Oc5ccc(N)cc5)c3)Cc3ccccc3-4)cc2)cc1. The van der Waals surface area contributed by atoms with E-state index in [9.17, 15) is 0 Å². The van der Waals surface area contributed by atoms with Crippen molar-refractivity contribution in [3.63, 3.8) is 0 Å². The zero-order valence-electron chi connectivity index (χ0n) is 22.4. The molecule has 0 bridgehead atoms. The van der Waals surface area contributed by atoms with Crippen LogP contribution < -0.4 is 20.9 Å². The van der Waals surface area contributed by atoms with E-state index >= 15 is 0 Å². The summed E-state index contributed by atoms with van der Waals surface area (Å²) in [6.07, 6.45) is 0.885. The van der Waals surface area contributed by atoms with E-state index in [1.54, 1.807) is 0 Å².